The first-order valence-corrected chi connectivity index (χ1v) is 7.81. The van der Waals surface area contributed by atoms with Crippen molar-refractivity contribution in [3.05, 3.63) is 64.6 Å². The van der Waals surface area contributed by atoms with E-state index in [0.29, 0.717) is 11.4 Å². The second-order valence-corrected chi connectivity index (χ2v) is 5.66. The molecule has 1 aromatic carbocycles. The number of anilines is 1. The Bertz CT molecular complexity index is 718. The Kier molecular flexibility index (Phi) is 6.05. The third-order valence-electron chi connectivity index (χ3n) is 3.38. The van der Waals surface area contributed by atoms with Gasteiger partial charge in [-0.1, -0.05) is 12.2 Å². The van der Waals surface area contributed by atoms with E-state index >= 15 is 0 Å². The maximum absolute atomic E-state index is 11.9. The molecule has 1 aromatic heterocycles. The fourth-order valence-electron chi connectivity index (χ4n) is 2.11. The zero-order chi connectivity index (χ0) is 16.7. The van der Waals surface area contributed by atoms with Gasteiger partial charge in [0.1, 0.15) is 4.99 Å². The highest BCUT2D eigenvalue weighted by Crippen LogP contribution is 2.10. The Hall–Kier alpha value is -2.47. The quantitative estimate of drug-likeness (QED) is 0.603. The lowest BCUT2D eigenvalue weighted by atomic mass is 10.2. The highest BCUT2D eigenvalue weighted by atomic mass is 32.1. The van der Waals surface area contributed by atoms with Crippen LogP contribution in [0.4, 0.5) is 5.69 Å². The van der Waals surface area contributed by atoms with Crippen LogP contribution in [0.15, 0.2) is 53.6 Å². The third kappa shape index (κ3) is 5.67. The van der Waals surface area contributed by atoms with Crippen molar-refractivity contribution >= 4 is 28.8 Å². The van der Waals surface area contributed by atoms with E-state index in [0.717, 1.165) is 30.6 Å². The van der Waals surface area contributed by atoms with Gasteiger partial charge in [0.05, 0.1) is 0 Å². The second kappa shape index (κ2) is 8.24. The topological polar surface area (TPSA) is 77.1 Å². The van der Waals surface area contributed by atoms with Crippen molar-refractivity contribution in [2.24, 2.45) is 5.73 Å². The normalized spacial score (nSPS) is 10.3. The van der Waals surface area contributed by atoms with Gasteiger partial charge in [0.25, 0.3) is 0 Å². The van der Waals surface area contributed by atoms with Gasteiger partial charge < -0.3 is 15.6 Å². The first-order chi connectivity index (χ1) is 11.0. The van der Waals surface area contributed by atoms with Gasteiger partial charge in [-0.05, 0) is 37.1 Å². The fraction of sp³-hybridized carbons (Fsp3) is 0.235. The number of unbranched alkanes of at least 4 members (excludes halogenated alkanes) is 1. The molecule has 120 valence electrons. The molecule has 0 unspecified atom stereocenters. The number of nitrogens with zero attached hydrogens (tertiary/aromatic N) is 1. The van der Waals surface area contributed by atoms with E-state index in [1.807, 2.05) is 4.57 Å². The molecule has 23 heavy (non-hydrogen) atoms. The summed E-state index contributed by atoms with van der Waals surface area (Å²) in [5.74, 6) is -0.0204. The summed E-state index contributed by atoms with van der Waals surface area (Å²) in [5, 5.41) is 2.84. The van der Waals surface area contributed by atoms with E-state index in [-0.39, 0.29) is 11.3 Å². The number of hydrogen-bond donors (Lipinski definition) is 2. The summed E-state index contributed by atoms with van der Waals surface area (Å²) in [6.07, 6.45) is 5.62. The number of carbonyl (C=O) groups excluding carboxylic acids is 1. The lowest BCUT2D eigenvalue weighted by Crippen LogP contribution is -2.13. The smallest absolute Gasteiger partial charge is 0.224 e. The first kappa shape index (κ1) is 16.9. The highest BCUT2D eigenvalue weighted by molar-refractivity contribution is 7.80. The highest BCUT2D eigenvalue weighted by Gasteiger charge is 2.03. The number of pyridine rings is 1. The van der Waals surface area contributed by atoms with Gasteiger partial charge >= 0.3 is 0 Å². The van der Waals surface area contributed by atoms with E-state index in [9.17, 15) is 9.59 Å². The van der Waals surface area contributed by atoms with Crippen LogP contribution in [0.2, 0.25) is 0 Å². The molecule has 0 aliphatic rings. The number of aryl methyl sites for hydroxylation is 1. The molecule has 2 aromatic rings. The predicted octanol–water partition coefficient (Wildman–Crippen LogP) is 2.29. The van der Waals surface area contributed by atoms with Gasteiger partial charge in [-0.25, -0.2) is 0 Å². The number of amides is 1. The average Bonchev–Trinajstić information content (AvgIpc) is 2.54. The maximum Gasteiger partial charge on any atom is 0.224 e. The number of nitrogens with two attached hydrogens (primary N) is 1. The van der Waals surface area contributed by atoms with E-state index in [4.69, 9.17) is 18.0 Å². The van der Waals surface area contributed by atoms with E-state index in [2.05, 4.69) is 5.32 Å². The van der Waals surface area contributed by atoms with Crippen molar-refractivity contribution in [2.45, 2.75) is 25.8 Å². The van der Waals surface area contributed by atoms with Gasteiger partial charge in [-0.2, -0.15) is 0 Å². The molecule has 0 aliphatic carbocycles. The summed E-state index contributed by atoms with van der Waals surface area (Å²) in [7, 11) is 0. The van der Waals surface area contributed by atoms with Crippen LogP contribution in [0.1, 0.15) is 24.8 Å². The Morgan fingerprint density at radius 1 is 1.09 bits per heavy atom. The minimum Gasteiger partial charge on any atom is -0.389 e. The lowest BCUT2D eigenvalue weighted by molar-refractivity contribution is -0.116. The van der Waals surface area contributed by atoms with Crippen LogP contribution in [0.5, 0.6) is 0 Å². The Balaban J connectivity index is 1.71. The second-order valence-electron chi connectivity index (χ2n) is 5.22. The molecular weight excluding hydrogens is 310 g/mol. The number of benzene rings is 1. The van der Waals surface area contributed by atoms with Gasteiger partial charge in [-0.3, -0.25) is 9.59 Å². The van der Waals surface area contributed by atoms with Gasteiger partial charge in [0.2, 0.25) is 5.91 Å². The van der Waals surface area contributed by atoms with Gasteiger partial charge in [-0.15, -0.1) is 0 Å². The maximum atomic E-state index is 11.9. The SMILES string of the molecule is NC(=S)c1ccc(NC(=O)CCCCn2ccc(=O)cc2)cc1. The van der Waals surface area contributed by atoms with Gasteiger partial charge in [0, 0.05) is 48.7 Å². The van der Waals surface area contributed by atoms with Crippen LogP contribution < -0.4 is 16.5 Å². The van der Waals surface area contributed by atoms with Crippen molar-refractivity contribution < 1.29 is 4.79 Å². The number of carbonyl (C=O) groups is 1. The Labute approximate surface area is 140 Å². The number of thiocarbonyl (C=S) groups is 1. The third-order valence-corrected chi connectivity index (χ3v) is 3.62. The molecule has 1 amide bonds. The van der Waals surface area contributed by atoms with Crippen molar-refractivity contribution in [3.8, 4) is 0 Å². The molecule has 1 heterocycles. The summed E-state index contributed by atoms with van der Waals surface area (Å²) in [6.45, 7) is 0.788. The van der Waals surface area contributed by atoms with Crippen molar-refractivity contribution in [1.82, 2.24) is 4.57 Å². The van der Waals surface area contributed by atoms with Crippen LogP contribution in [-0.4, -0.2) is 15.5 Å². The molecule has 0 bridgehead atoms. The molecule has 0 spiro atoms. The zero-order valence-electron chi connectivity index (χ0n) is 12.7. The van der Waals surface area contributed by atoms with Crippen molar-refractivity contribution in [1.29, 1.82) is 0 Å². The molecule has 0 atom stereocenters. The van der Waals surface area contributed by atoms with Crippen molar-refractivity contribution in [3.63, 3.8) is 0 Å². The molecule has 0 radical (unpaired) electrons. The molecule has 3 N–H and O–H groups in total. The Morgan fingerprint density at radius 3 is 2.35 bits per heavy atom. The summed E-state index contributed by atoms with van der Waals surface area (Å²) in [4.78, 5) is 23.2. The number of aromatic nitrogens is 1. The minimum atomic E-state index is -0.0204. The van der Waals surface area contributed by atoms with Crippen LogP contribution in [0.3, 0.4) is 0 Å². The molecule has 2 rings (SSSR count). The van der Waals surface area contributed by atoms with E-state index < -0.39 is 0 Å². The van der Waals surface area contributed by atoms with Crippen molar-refractivity contribution in [2.75, 3.05) is 5.32 Å². The first-order valence-electron chi connectivity index (χ1n) is 7.40. The standard InChI is InChI=1S/C17H19N3O2S/c18-17(23)13-4-6-14(7-5-13)19-16(22)3-1-2-10-20-11-8-15(21)9-12-20/h4-9,11-12H,1-3,10H2,(H2,18,23)(H,19,22). The summed E-state index contributed by atoms with van der Waals surface area (Å²) < 4.78 is 1.94. The van der Waals surface area contributed by atoms with Crippen LogP contribution >= 0.6 is 12.2 Å². The van der Waals surface area contributed by atoms with Gasteiger partial charge in [0.15, 0.2) is 5.43 Å². The van der Waals surface area contributed by atoms with Crippen LogP contribution in [-0.2, 0) is 11.3 Å². The molecule has 0 aliphatic heterocycles. The number of hydrogen-bond acceptors (Lipinski definition) is 3. The molecule has 0 saturated carbocycles. The summed E-state index contributed by atoms with van der Waals surface area (Å²) >= 11 is 4.88. The molecule has 6 heteroatoms. The fourth-order valence-corrected chi connectivity index (χ4v) is 2.25. The average molecular weight is 329 g/mol. The minimum absolute atomic E-state index is 0.00189. The number of nitrogens with one attached hydrogen (secondary N) is 1. The lowest BCUT2D eigenvalue weighted by Gasteiger charge is -2.07. The number of rotatable bonds is 7. The molecule has 5 nitrogen and oxygen atoms in total. The molecular formula is C17H19N3O2S. The van der Waals surface area contributed by atoms with Crippen LogP contribution in [0, 0.1) is 0 Å². The monoisotopic (exact) mass is 329 g/mol. The summed E-state index contributed by atoms with van der Waals surface area (Å²) in [5.41, 5.74) is 7.04. The predicted molar refractivity (Wildman–Crippen MR) is 95.5 cm³/mol. The molecule has 0 saturated heterocycles. The van der Waals surface area contributed by atoms with E-state index in [1.165, 1.54) is 12.1 Å². The largest absolute Gasteiger partial charge is 0.389 e. The summed E-state index contributed by atoms with van der Waals surface area (Å²) in [6, 6.07) is 10.2. The Morgan fingerprint density at radius 2 is 1.74 bits per heavy atom. The zero-order valence-corrected chi connectivity index (χ0v) is 13.5. The molecule has 0 fully saturated rings. The van der Waals surface area contributed by atoms with Crippen LogP contribution in [0.25, 0.3) is 0 Å². The van der Waals surface area contributed by atoms with E-state index in [1.54, 1.807) is 36.7 Å².